The number of nitriles is 1. The van der Waals surface area contributed by atoms with Crippen LogP contribution in [0.3, 0.4) is 0 Å². The fourth-order valence-corrected chi connectivity index (χ4v) is 1.62. The number of nitrogens with one attached hydrogen (secondary N) is 1. The van der Waals surface area contributed by atoms with Gasteiger partial charge in [0.15, 0.2) is 0 Å². The first-order valence-corrected chi connectivity index (χ1v) is 5.50. The molecule has 1 amide bonds. The van der Waals surface area contributed by atoms with E-state index < -0.39 is 5.54 Å². The number of nitrogens with zero attached hydrogens (tertiary/aromatic N) is 1. The Morgan fingerprint density at radius 3 is 2.62 bits per heavy atom. The second kappa shape index (κ2) is 4.36. The van der Waals surface area contributed by atoms with E-state index in [4.69, 9.17) is 5.26 Å². The molecule has 0 aliphatic heterocycles. The van der Waals surface area contributed by atoms with Gasteiger partial charge in [-0.1, -0.05) is 30.3 Å². The Morgan fingerprint density at radius 1 is 1.38 bits per heavy atom. The molecule has 0 radical (unpaired) electrons. The number of carbonyl (C=O) groups excluding carboxylic acids is 1. The largest absolute Gasteiger partial charge is 0.338 e. The number of carbonyl (C=O) groups is 1. The summed E-state index contributed by atoms with van der Waals surface area (Å²) in [7, 11) is 0. The first kappa shape index (κ1) is 10.7. The van der Waals surface area contributed by atoms with Crippen LogP contribution in [0.15, 0.2) is 30.3 Å². The van der Waals surface area contributed by atoms with Crippen molar-refractivity contribution in [1.82, 2.24) is 5.32 Å². The van der Waals surface area contributed by atoms with Crippen molar-refractivity contribution in [3.63, 3.8) is 0 Å². The summed E-state index contributed by atoms with van der Waals surface area (Å²) in [4.78, 5) is 11.6. The van der Waals surface area contributed by atoms with Crippen molar-refractivity contribution in [2.24, 2.45) is 0 Å². The van der Waals surface area contributed by atoms with E-state index in [1.165, 1.54) is 0 Å². The van der Waals surface area contributed by atoms with Crippen molar-refractivity contribution in [2.45, 2.75) is 31.2 Å². The van der Waals surface area contributed by atoms with E-state index in [-0.39, 0.29) is 5.91 Å². The lowest BCUT2D eigenvalue weighted by Crippen LogP contribution is -2.35. The molecule has 1 aliphatic carbocycles. The number of hydrogen-bond donors (Lipinski definition) is 1. The van der Waals surface area contributed by atoms with Crippen LogP contribution in [0.25, 0.3) is 0 Å². The molecular weight excluding hydrogens is 200 g/mol. The first-order chi connectivity index (χ1) is 7.74. The van der Waals surface area contributed by atoms with Crippen LogP contribution < -0.4 is 5.32 Å². The van der Waals surface area contributed by atoms with E-state index in [0.717, 1.165) is 24.8 Å². The smallest absolute Gasteiger partial charge is 0.221 e. The van der Waals surface area contributed by atoms with Gasteiger partial charge in [0.1, 0.15) is 5.54 Å². The Kier molecular flexibility index (Phi) is 2.91. The van der Waals surface area contributed by atoms with Gasteiger partial charge in [-0.25, -0.2) is 0 Å². The predicted octanol–water partition coefficient (Wildman–Crippen LogP) is 1.79. The van der Waals surface area contributed by atoms with E-state index in [1.807, 2.05) is 30.3 Å². The summed E-state index contributed by atoms with van der Waals surface area (Å²) in [5, 5.41) is 11.6. The molecule has 0 spiro atoms. The van der Waals surface area contributed by atoms with Crippen molar-refractivity contribution < 1.29 is 4.79 Å². The van der Waals surface area contributed by atoms with Crippen molar-refractivity contribution >= 4 is 5.91 Å². The minimum Gasteiger partial charge on any atom is -0.338 e. The Bertz CT molecular complexity index is 415. The Morgan fingerprint density at radius 2 is 2.06 bits per heavy atom. The summed E-state index contributed by atoms with van der Waals surface area (Å²) in [6.07, 6.45) is 2.77. The SMILES string of the molecule is N#CC1(NC(=O)CCc2ccccc2)CC1. The lowest BCUT2D eigenvalue weighted by atomic mass is 10.1. The van der Waals surface area contributed by atoms with E-state index in [1.54, 1.807) is 0 Å². The quantitative estimate of drug-likeness (QED) is 0.830. The molecule has 0 saturated heterocycles. The minimum atomic E-state index is -0.534. The number of amides is 1. The topological polar surface area (TPSA) is 52.9 Å². The van der Waals surface area contributed by atoms with Gasteiger partial charge < -0.3 is 5.32 Å². The molecule has 0 atom stereocenters. The maximum absolute atomic E-state index is 11.6. The van der Waals surface area contributed by atoms with E-state index >= 15 is 0 Å². The monoisotopic (exact) mass is 214 g/mol. The van der Waals surface area contributed by atoms with Gasteiger partial charge in [-0.2, -0.15) is 5.26 Å². The van der Waals surface area contributed by atoms with E-state index in [9.17, 15) is 4.79 Å². The molecule has 1 fully saturated rings. The summed E-state index contributed by atoms with van der Waals surface area (Å²) in [6.45, 7) is 0. The fourth-order valence-electron chi connectivity index (χ4n) is 1.62. The number of rotatable bonds is 4. The molecule has 1 N–H and O–H groups in total. The van der Waals surface area contributed by atoms with Gasteiger partial charge in [0, 0.05) is 6.42 Å². The lowest BCUT2D eigenvalue weighted by molar-refractivity contribution is -0.121. The molecule has 2 rings (SSSR count). The molecule has 0 aromatic heterocycles. The molecule has 1 aromatic carbocycles. The van der Waals surface area contributed by atoms with Crippen molar-refractivity contribution in [3.05, 3.63) is 35.9 Å². The van der Waals surface area contributed by atoms with Gasteiger partial charge in [-0.3, -0.25) is 4.79 Å². The Labute approximate surface area is 95.1 Å². The molecule has 0 unspecified atom stereocenters. The molecule has 3 nitrogen and oxygen atoms in total. The third kappa shape index (κ3) is 2.60. The van der Waals surface area contributed by atoms with Crippen LogP contribution in [-0.4, -0.2) is 11.4 Å². The number of hydrogen-bond acceptors (Lipinski definition) is 2. The summed E-state index contributed by atoms with van der Waals surface area (Å²) in [5.41, 5.74) is 0.618. The first-order valence-electron chi connectivity index (χ1n) is 5.50. The highest BCUT2D eigenvalue weighted by atomic mass is 16.1. The number of aryl methyl sites for hydroxylation is 1. The van der Waals surface area contributed by atoms with Gasteiger partial charge in [0.2, 0.25) is 5.91 Å². The van der Waals surface area contributed by atoms with Gasteiger partial charge in [-0.05, 0) is 24.8 Å². The summed E-state index contributed by atoms with van der Waals surface area (Å²) < 4.78 is 0. The molecule has 1 aliphatic rings. The molecule has 1 aromatic rings. The van der Waals surface area contributed by atoms with Gasteiger partial charge in [0.05, 0.1) is 6.07 Å². The summed E-state index contributed by atoms with van der Waals surface area (Å²) in [5.74, 6) is -0.0251. The normalized spacial score (nSPS) is 16.2. The van der Waals surface area contributed by atoms with Crippen molar-refractivity contribution in [3.8, 4) is 6.07 Å². The molecule has 0 heterocycles. The summed E-state index contributed by atoms with van der Waals surface area (Å²) in [6, 6.07) is 12.0. The van der Waals surface area contributed by atoms with Crippen LogP contribution in [0.2, 0.25) is 0 Å². The molecule has 1 saturated carbocycles. The average Bonchev–Trinajstić information content (AvgIpc) is 3.08. The zero-order valence-corrected chi connectivity index (χ0v) is 9.07. The fraction of sp³-hybridized carbons (Fsp3) is 0.385. The van der Waals surface area contributed by atoms with Gasteiger partial charge in [0.25, 0.3) is 0 Å². The molecule has 3 heteroatoms. The van der Waals surface area contributed by atoms with Crippen LogP contribution in [0.5, 0.6) is 0 Å². The van der Waals surface area contributed by atoms with E-state index in [0.29, 0.717) is 6.42 Å². The minimum absolute atomic E-state index is 0.0251. The highest BCUT2D eigenvalue weighted by Crippen LogP contribution is 2.34. The second-order valence-electron chi connectivity index (χ2n) is 4.23. The third-order valence-electron chi connectivity index (χ3n) is 2.83. The standard InChI is InChI=1S/C13H14N2O/c14-10-13(8-9-13)15-12(16)7-6-11-4-2-1-3-5-11/h1-5H,6-9H2,(H,15,16). The molecule has 16 heavy (non-hydrogen) atoms. The maximum Gasteiger partial charge on any atom is 0.221 e. The number of benzene rings is 1. The third-order valence-corrected chi connectivity index (χ3v) is 2.83. The van der Waals surface area contributed by atoms with Crippen LogP contribution in [0, 0.1) is 11.3 Å². The predicted molar refractivity (Wildman–Crippen MR) is 60.5 cm³/mol. The second-order valence-corrected chi connectivity index (χ2v) is 4.23. The van der Waals surface area contributed by atoms with Crippen LogP contribution in [0.1, 0.15) is 24.8 Å². The maximum atomic E-state index is 11.6. The summed E-state index contributed by atoms with van der Waals surface area (Å²) >= 11 is 0. The van der Waals surface area contributed by atoms with Gasteiger partial charge in [-0.15, -0.1) is 0 Å². The van der Waals surface area contributed by atoms with Gasteiger partial charge >= 0.3 is 0 Å². The van der Waals surface area contributed by atoms with Crippen molar-refractivity contribution in [2.75, 3.05) is 0 Å². The molecule has 82 valence electrons. The van der Waals surface area contributed by atoms with Crippen LogP contribution in [0.4, 0.5) is 0 Å². The Hall–Kier alpha value is -1.82. The average molecular weight is 214 g/mol. The molecular formula is C13H14N2O. The van der Waals surface area contributed by atoms with Crippen molar-refractivity contribution in [1.29, 1.82) is 5.26 Å². The van der Waals surface area contributed by atoms with Crippen LogP contribution >= 0.6 is 0 Å². The zero-order chi connectivity index (χ0) is 11.4. The molecule has 0 bridgehead atoms. The van der Waals surface area contributed by atoms with E-state index in [2.05, 4.69) is 11.4 Å². The van der Waals surface area contributed by atoms with Crippen LogP contribution in [-0.2, 0) is 11.2 Å². The highest BCUT2D eigenvalue weighted by molar-refractivity contribution is 5.78. The lowest BCUT2D eigenvalue weighted by Gasteiger charge is -2.08. The highest BCUT2D eigenvalue weighted by Gasteiger charge is 2.44. The zero-order valence-electron chi connectivity index (χ0n) is 9.07. The Balaban J connectivity index is 1.79.